The standard InChI is InChI=1S/C13H18N2O4/c1-8-10(11(16)17)9(2)15-12(14-8)13(18-3)4-6-19-7-5-13/h4-7H2,1-3H3,(H,16,17). The van der Waals surface area contributed by atoms with Crippen molar-refractivity contribution < 1.29 is 19.4 Å². The summed E-state index contributed by atoms with van der Waals surface area (Å²) >= 11 is 0. The molecule has 0 aliphatic carbocycles. The number of carbonyl (C=O) groups is 1. The van der Waals surface area contributed by atoms with Crippen LogP contribution in [0.15, 0.2) is 0 Å². The Morgan fingerprint density at radius 1 is 1.26 bits per heavy atom. The van der Waals surface area contributed by atoms with Gasteiger partial charge in [0.1, 0.15) is 11.2 Å². The lowest BCUT2D eigenvalue weighted by Crippen LogP contribution is -2.38. The van der Waals surface area contributed by atoms with Crippen LogP contribution in [0.3, 0.4) is 0 Å². The largest absolute Gasteiger partial charge is 0.478 e. The van der Waals surface area contributed by atoms with E-state index < -0.39 is 11.6 Å². The number of ether oxygens (including phenoxy) is 2. The summed E-state index contributed by atoms with van der Waals surface area (Å²) in [4.78, 5) is 19.8. The molecule has 6 heteroatoms. The van der Waals surface area contributed by atoms with E-state index in [9.17, 15) is 4.79 Å². The van der Waals surface area contributed by atoms with Crippen LogP contribution in [0, 0.1) is 13.8 Å². The summed E-state index contributed by atoms with van der Waals surface area (Å²) in [6.07, 6.45) is 1.35. The summed E-state index contributed by atoms with van der Waals surface area (Å²) in [5.74, 6) is -0.446. The van der Waals surface area contributed by atoms with Gasteiger partial charge in [-0.3, -0.25) is 0 Å². The molecule has 0 saturated carbocycles. The highest BCUT2D eigenvalue weighted by Crippen LogP contribution is 2.33. The van der Waals surface area contributed by atoms with Crippen molar-refractivity contribution in [2.24, 2.45) is 0 Å². The number of aryl methyl sites for hydroxylation is 2. The molecule has 1 saturated heterocycles. The minimum Gasteiger partial charge on any atom is -0.478 e. The molecule has 104 valence electrons. The van der Waals surface area contributed by atoms with Gasteiger partial charge in [0.05, 0.1) is 11.4 Å². The molecule has 0 amide bonds. The van der Waals surface area contributed by atoms with Gasteiger partial charge in [0.15, 0.2) is 5.82 Å². The second-order valence-corrected chi connectivity index (χ2v) is 4.71. The fourth-order valence-electron chi connectivity index (χ4n) is 2.45. The first-order valence-electron chi connectivity index (χ1n) is 6.22. The summed E-state index contributed by atoms with van der Waals surface area (Å²) in [7, 11) is 1.63. The van der Waals surface area contributed by atoms with Crippen LogP contribution in [-0.4, -0.2) is 41.4 Å². The van der Waals surface area contributed by atoms with E-state index in [1.54, 1.807) is 21.0 Å². The molecular weight excluding hydrogens is 248 g/mol. The maximum Gasteiger partial charge on any atom is 0.339 e. The van der Waals surface area contributed by atoms with Gasteiger partial charge in [-0.2, -0.15) is 0 Å². The molecule has 0 radical (unpaired) electrons. The van der Waals surface area contributed by atoms with Crippen LogP contribution in [0.2, 0.25) is 0 Å². The Labute approximate surface area is 111 Å². The number of carboxylic acid groups (broad SMARTS) is 1. The van der Waals surface area contributed by atoms with Gasteiger partial charge in [-0.15, -0.1) is 0 Å². The van der Waals surface area contributed by atoms with Crippen molar-refractivity contribution in [1.29, 1.82) is 0 Å². The average molecular weight is 266 g/mol. The van der Waals surface area contributed by atoms with Crippen molar-refractivity contribution in [3.05, 3.63) is 22.8 Å². The highest BCUT2D eigenvalue weighted by molar-refractivity contribution is 5.89. The molecule has 2 heterocycles. The summed E-state index contributed by atoms with van der Waals surface area (Å²) in [5.41, 5.74) is 0.544. The minimum atomic E-state index is -1.00. The van der Waals surface area contributed by atoms with Crippen molar-refractivity contribution >= 4 is 5.97 Å². The van der Waals surface area contributed by atoms with Crippen LogP contribution >= 0.6 is 0 Å². The van der Waals surface area contributed by atoms with E-state index in [0.717, 1.165) is 0 Å². The smallest absolute Gasteiger partial charge is 0.339 e. The van der Waals surface area contributed by atoms with Crippen molar-refractivity contribution in [3.8, 4) is 0 Å². The number of aromatic carboxylic acids is 1. The molecule has 0 atom stereocenters. The molecule has 2 rings (SSSR count). The fourth-order valence-corrected chi connectivity index (χ4v) is 2.45. The SMILES string of the molecule is COC1(c2nc(C)c(C(=O)O)c(C)n2)CCOCC1. The van der Waals surface area contributed by atoms with Gasteiger partial charge >= 0.3 is 5.97 Å². The van der Waals surface area contributed by atoms with Crippen molar-refractivity contribution in [1.82, 2.24) is 9.97 Å². The third kappa shape index (κ3) is 2.46. The number of rotatable bonds is 3. The van der Waals surface area contributed by atoms with Crippen LogP contribution < -0.4 is 0 Å². The van der Waals surface area contributed by atoms with Gasteiger partial charge in [-0.25, -0.2) is 14.8 Å². The fraction of sp³-hybridized carbons (Fsp3) is 0.615. The Balaban J connectivity index is 2.48. The van der Waals surface area contributed by atoms with Gasteiger partial charge in [0.2, 0.25) is 0 Å². The van der Waals surface area contributed by atoms with E-state index in [1.165, 1.54) is 0 Å². The summed E-state index contributed by atoms with van der Waals surface area (Å²) in [6, 6.07) is 0. The molecule has 0 spiro atoms. The summed E-state index contributed by atoms with van der Waals surface area (Å²) in [6.45, 7) is 4.56. The van der Waals surface area contributed by atoms with Crippen LogP contribution in [0.5, 0.6) is 0 Å². The van der Waals surface area contributed by atoms with Gasteiger partial charge < -0.3 is 14.6 Å². The number of carboxylic acids is 1. The summed E-state index contributed by atoms with van der Waals surface area (Å²) < 4.78 is 11.0. The predicted molar refractivity (Wildman–Crippen MR) is 67.2 cm³/mol. The van der Waals surface area contributed by atoms with Crippen LogP contribution in [0.25, 0.3) is 0 Å². The van der Waals surface area contributed by atoms with Crippen LogP contribution in [0.1, 0.15) is 40.4 Å². The lowest BCUT2D eigenvalue weighted by atomic mass is 9.92. The first-order valence-corrected chi connectivity index (χ1v) is 6.22. The summed E-state index contributed by atoms with van der Waals surface area (Å²) in [5, 5.41) is 9.14. The molecule has 1 fully saturated rings. The molecule has 19 heavy (non-hydrogen) atoms. The number of aromatic nitrogens is 2. The highest BCUT2D eigenvalue weighted by Gasteiger charge is 2.38. The number of hydrogen-bond donors (Lipinski definition) is 1. The lowest BCUT2D eigenvalue weighted by Gasteiger charge is -2.34. The van der Waals surface area contributed by atoms with E-state index >= 15 is 0 Å². The Morgan fingerprint density at radius 2 is 1.79 bits per heavy atom. The van der Waals surface area contributed by atoms with E-state index in [1.807, 2.05) is 0 Å². The van der Waals surface area contributed by atoms with E-state index in [0.29, 0.717) is 43.3 Å². The van der Waals surface area contributed by atoms with Gasteiger partial charge in [-0.1, -0.05) is 0 Å². The number of nitrogens with zero attached hydrogens (tertiary/aromatic N) is 2. The van der Waals surface area contributed by atoms with Gasteiger partial charge in [0, 0.05) is 33.2 Å². The average Bonchev–Trinajstić information content (AvgIpc) is 2.38. The molecule has 0 unspecified atom stereocenters. The second-order valence-electron chi connectivity index (χ2n) is 4.71. The van der Waals surface area contributed by atoms with Crippen molar-refractivity contribution in [3.63, 3.8) is 0 Å². The monoisotopic (exact) mass is 266 g/mol. The lowest BCUT2D eigenvalue weighted by molar-refractivity contribution is -0.100. The normalized spacial score (nSPS) is 18.3. The first-order chi connectivity index (χ1) is 9.00. The second kappa shape index (κ2) is 5.22. The Hall–Kier alpha value is -1.53. The molecule has 0 aromatic carbocycles. The minimum absolute atomic E-state index is 0.169. The maximum absolute atomic E-state index is 11.1. The molecule has 1 aromatic heterocycles. The molecule has 1 N–H and O–H groups in total. The zero-order valence-electron chi connectivity index (χ0n) is 11.4. The zero-order valence-corrected chi connectivity index (χ0v) is 11.4. The van der Waals surface area contributed by atoms with Crippen molar-refractivity contribution in [2.75, 3.05) is 20.3 Å². The topological polar surface area (TPSA) is 81.5 Å². The van der Waals surface area contributed by atoms with Crippen LogP contribution in [0.4, 0.5) is 0 Å². The molecule has 1 aliphatic rings. The van der Waals surface area contributed by atoms with Gasteiger partial charge in [0.25, 0.3) is 0 Å². The third-order valence-corrected chi connectivity index (χ3v) is 3.58. The zero-order chi connectivity index (χ0) is 14.0. The van der Waals surface area contributed by atoms with E-state index in [4.69, 9.17) is 14.6 Å². The third-order valence-electron chi connectivity index (χ3n) is 3.58. The van der Waals surface area contributed by atoms with Crippen LogP contribution in [-0.2, 0) is 15.1 Å². The number of methoxy groups -OCH3 is 1. The molecule has 6 nitrogen and oxygen atoms in total. The number of hydrogen-bond acceptors (Lipinski definition) is 5. The first kappa shape index (κ1) is 13.9. The Bertz CT molecular complexity index is 472. The maximum atomic E-state index is 11.1. The molecular formula is C13H18N2O4. The Kier molecular flexibility index (Phi) is 3.82. The Morgan fingerprint density at radius 3 is 2.21 bits per heavy atom. The molecule has 0 bridgehead atoms. The molecule has 1 aromatic rings. The van der Waals surface area contributed by atoms with Crippen molar-refractivity contribution in [2.45, 2.75) is 32.3 Å². The highest BCUT2D eigenvalue weighted by atomic mass is 16.5. The van der Waals surface area contributed by atoms with E-state index in [2.05, 4.69) is 9.97 Å². The van der Waals surface area contributed by atoms with E-state index in [-0.39, 0.29) is 5.56 Å². The quantitative estimate of drug-likeness (QED) is 0.891. The van der Waals surface area contributed by atoms with Gasteiger partial charge in [-0.05, 0) is 13.8 Å². The predicted octanol–water partition coefficient (Wildman–Crippen LogP) is 1.44. The molecule has 1 aliphatic heterocycles.